The fourth-order valence-electron chi connectivity index (χ4n) is 2.38. The lowest BCUT2D eigenvalue weighted by Crippen LogP contribution is -2.38. The van der Waals surface area contributed by atoms with Gasteiger partial charge in [-0.05, 0) is 17.5 Å². The summed E-state index contributed by atoms with van der Waals surface area (Å²) in [6.07, 6.45) is 0. The van der Waals surface area contributed by atoms with Crippen molar-refractivity contribution in [3.63, 3.8) is 0 Å². The van der Waals surface area contributed by atoms with Gasteiger partial charge in [0.2, 0.25) is 0 Å². The number of amides is 2. The highest BCUT2D eigenvalue weighted by molar-refractivity contribution is 6.31. The molecule has 1 saturated heterocycles. The number of halogens is 1. The molecule has 1 aliphatic rings. The molecule has 0 radical (unpaired) electrons. The smallest absolute Gasteiger partial charge is 0.317 e. The van der Waals surface area contributed by atoms with Crippen molar-refractivity contribution in [2.24, 2.45) is 11.8 Å². The van der Waals surface area contributed by atoms with Crippen molar-refractivity contribution in [2.45, 2.75) is 13.5 Å². The maximum atomic E-state index is 12.0. The SMILES string of the molecule is C[C@@H]1CN(C(=O)NCc2ccccc2Cl)C[C@H]1C(=O)O. The third-order valence-corrected chi connectivity index (χ3v) is 3.97. The third kappa shape index (κ3) is 3.22. The Labute approximate surface area is 122 Å². The summed E-state index contributed by atoms with van der Waals surface area (Å²) in [6.45, 7) is 2.90. The first-order chi connectivity index (χ1) is 9.49. The molecular weight excluding hydrogens is 280 g/mol. The van der Waals surface area contributed by atoms with E-state index in [0.29, 0.717) is 18.1 Å². The predicted molar refractivity (Wildman–Crippen MR) is 75.6 cm³/mol. The number of likely N-dealkylation sites (tertiary alicyclic amines) is 1. The van der Waals surface area contributed by atoms with E-state index in [4.69, 9.17) is 16.7 Å². The van der Waals surface area contributed by atoms with Crippen molar-refractivity contribution in [1.82, 2.24) is 10.2 Å². The summed E-state index contributed by atoms with van der Waals surface area (Å²) in [5.41, 5.74) is 0.838. The fraction of sp³-hybridized carbons (Fsp3) is 0.429. The summed E-state index contributed by atoms with van der Waals surface area (Å²) in [5.74, 6) is -1.36. The number of carboxylic acid groups (broad SMARTS) is 1. The van der Waals surface area contributed by atoms with E-state index < -0.39 is 11.9 Å². The van der Waals surface area contributed by atoms with Crippen LogP contribution in [0.4, 0.5) is 4.79 Å². The quantitative estimate of drug-likeness (QED) is 0.898. The molecule has 2 amide bonds. The van der Waals surface area contributed by atoms with Crippen molar-refractivity contribution in [2.75, 3.05) is 13.1 Å². The van der Waals surface area contributed by atoms with Crippen LogP contribution in [-0.2, 0) is 11.3 Å². The first-order valence-electron chi connectivity index (χ1n) is 6.48. The van der Waals surface area contributed by atoms with Crippen LogP contribution in [-0.4, -0.2) is 35.1 Å². The molecule has 1 aromatic rings. The Balaban J connectivity index is 1.90. The molecule has 1 fully saturated rings. The van der Waals surface area contributed by atoms with Gasteiger partial charge in [0.05, 0.1) is 5.92 Å². The topological polar surface area (TPSA) is 69.6 Å². The molecule has 108 valence electrons. The first kappa shape index (κ1) is 14.7. The van der Waals surface area contributed by atoms with Crippen LogP contribution in [0, 0.1) is 11.8 Å². The number of nitrogens with zero attached hydrogens (tertiary/aromatic N) is 1. The lowest BCUT2D eigenvalue weighted by molar-refractivity contribution is -0.142. The van der Waals surface area contributed by atoms with Gasteiger partial charge in [0, 0.05) is 24.7 Å². The van der Waals surface area contributed by atoms with Gasteiger partial charge in [0.15, 0.2) is 0 Å². The average molecular weight is 297 g/mol. The van der Waals surface area contributed by atoms with E-state index in [0.717, 1.165) is 5.56 Å². The molecule has 5 nitrogen and oxygen atoms in total. The molecule has 2 N–H and O–H groups in total. The number of urea groups is 1. The first-order valence-corrected chi connectivity index (χ1v) is 6.86. The molecule has 0 aliphatic carbocycles. The van der Waals surface area contributed by atoms with Gasteiger partial charge in [-0.25, -0.2) is 4.79 Å². The van der Waals surface area contributed by atoms with Crippen molar-refractivity contribution in [3.05, 3.63) is 34.9 Å². The van der Waals surface area contributed by atoms with Crippen LogP contribution in [0.15, 0.2) is 24.3 Å². The summed E-state index contributed by atoms with van der Waals surface area (Å²) in [7, 11) is 0. The van der Waals surface area contributed by atoms with E-state index in [2.05, 4.69) is 5.32 Å². The molecule has 20 heavy (non-hydrogen) atoms. The number of benzene rings is 1. The Morgan fingerprint density at radius 2 is 2.10 bits per heavy atom. The second-order valence-electron chi connectivity index (χ2n) is 5.08. The summed E-state index contributed by atoms with van der Waals surface area (Å²) in [5, 5.41) is 12.4. The highest BCUT2D eigenvalue weighted by Gasteiger charge is 2.36. The van der Waals surface area contributed by atoms with Gasteiger partial charge in [0.1, 0.15) is 0 Å². The second-order valence-corrected chi connectivity index (χ2v) is 5.48. The van der Waals surface area contributed by atoms with E-state index in [9.17, 15) is 9.59 Å². The van der Waals surface area contributed by atoms with Gasteiger partial charge in [-0.2, -0.15) is 0 Å². The van der Waals surface area contributed by atoms with E-state index in [1.807, 2.05) is 25.1 Å². The zero-order chi connectivity index (χ0) is 14.7. The average Bonchev–Trinajstić information content (AvgIpc) is 2.80. The largest absolute Gasteiger partial charge is 0.481 e. The van der Waals surface area contributed by atoms with Crippen LogP contribution in [0.1, 0.15) is 12.5 Å². The van der Waals surface area contributed by atoms with Gasteiger partial charge in [-0.1, -0.05) is 36.7 Å². The third-order valence-electron chi connectivity index (χ3n) is 3.60. The van der Waals surface area contributed by atoms with Gasteiger partial charge in [-0.15, -0.1) is 0 Å². The molecule has 2 rings (SSSR count). The molecular formula is C14H17ClN2O3. The van der Waals surface area contributed by atoms with Crippen LogP contribution in [0.2, 0.25) is 5.02 Å². The fourth-order valence-corrected chi connectivity index (χ4v) is 2.58. The highest BCUT2D eigenvalue weighted by Crippen LogP contribution is 2.23. The number of carbonyl (C=O) groups is 2. The molecule has 1 aromatic carbocycles. The minimum absolute atomic E-state index is 0.0291. The number of carbonyl (C=O) groups excluding carboxylic acids is 1. The van der Waals surface area contributed by atoms with E-state index in [-0.39, 0.29) is 18.5 Å². The zero-order valence-electron chi connectivity index (χ0n) is 11.2. The Morgan fingerprint density at radius 1 is 1.40 bits per heavy atom. The predicted octanol–water partition coefficient (Wildman–Crippen LogP) is 2.20. The van der Waals surface area contributed by atoms with Gasteiger partial charge in [-0.3, -0.25) is 4.79 Å². The lowest BCUT2D eigenvalue weighted by atomic mass is 9.99. The molecule has 6 heteroatoms. The Morgan fingerprint density at radius 3 is 2.70 bits per heavy atom. The molecule has 0 spiro atoms. The van der Waals surface area contributed by atoms with Gasteiger partial charge >= 0.3 is 12.0 Å². The van der Waals surface area contributed by atoms with Crippen molar-refractivity contribution in [1.29, 1.82) is 0 Å². The number of hydrogen-bond acceptors (Lipinski definition) is 2. The molecule has 0 aromatic heterocycles. The number of rotatable bonds is 3. The monoisotopic (exact) mass is 296 g/mol. The lowest BCUT2D eigenvalue weighted by Gasteiger charge is -2.17. The Kier molecular flexibility index (Phi) is 4.49. The van der Waals surface area contributed by atoms with E-state index >= 15 is 0 Å². The number of hydrogen-bond donors (Lipinski definition) is 2. The Hall–Kier alpha value is -1.75. The summed E-state index contributed by atoms with van der Waals surface area (Å²) in [6, 6.07) is 7.04. The van der Waals surface area contributed by atoms with Crippen molar-refractivity contribution >= 4 is 23.6 Å². The van der Waals surface area contributed by atoms with E-state index in [1.165, 1.54) is 0 Å². The zero-order valence-corrected chi connectivity index (χ0v) is 11.9. The van der Waals surface area contributed by atoms with Crippen LogP contribution >= 0.6 is 11.6 Å². The Bertz CT molecular complexity index is 521. The molecule has 1 heterocycles. The number of nitrogens with one attached hydrogen (secondary N) is 1. The van der Waals surface area contributed by atoms with Gasteiger partial charge < -0.3 is 15.3 Å². The highest BCUT2D eigenvalue weighted by atomic mass is 35.5. The van der Waals surface area contributed by atoms with Gasteiger partial charge in [0.25, 0.3) is 0 Å². The molecule has 2 atom stereocenters. The minimum atomic E-state index is -0.848. The standard InChI is InChI=1S/C14H17ClN2O3/c1-9-7-17(8-11(9)13(18)19)14(20)16-6-10-4-2-3-5-12(10)15/h2-5,9,11H,6-8H2,1H3,(H,16,20)(H,18,19)/t9-,11-/m1/s1. The molecule has 0 unspecified atom stereocenters. The van der Waals surface area contributed by atoms with Crippen LogP contribution in [0.5, 0.6) is 0 Å². The van der Waals surface area contributed by atoms with Crippen molar-refractivity contribution in [3.8, 4) is 0 Å². The number of aliphatic carboxylic acids is 1. The number of carboxylic acids is 1. The van der Waals surface area contributed by atoms with Crippen LogP contribution in [0.25, 0.3) is 0 Å². The summed E-state index contributed by atoms with van der Waals surface area (Å²) < 4.78 is 0. The summed E-state index contributed by atoms with van der Waals surface area (Å²) in [4.78, 5) is 24.6. The maximum Gasteiger partial charge on any atom is 0.317 e. The van der Waals surface area contributed by atoms with E-state index in [1.54, 1.807) is 11.0 Å². The normalized spacial score (nSPS) is 21.8. The summed E-state index contributed by atoms with van der Waals surface area (Å²) >= 11 is 6.01. The van der Waals surface area contributed by atoms with Crippen LogP contribution in [0.3, 0.4) is 0 Å². The molecule has 1 aliphatic heterocycles. The second kappa shape index (κ2) is 6.13. The maximum absolute atomic E-state index is 12.0. The van der Waals surface area contributed by atoms with Crippen molar-refractivity contribution < 1.29 is 14.7 Å². The molecule has 0 bridgehead atoms. The molecule has 0 saturated carbocycles. The minimum Gasteiger partial charge on any atom is -0.481 e. The van der Waals surface area contributed by atoms with Crippen LogP contribution < -0.4 is 5.32 Å².